The van der Waals surface area contributed by atoms with Crippen molar-refractivity contribution in [2.45, 2.75) is 6.54 Å². The van der Waals surface area contributed by atoms with Crippen molar-refractivity contribution in [3.8, 4) is 0 Å². The molecular formula is C8H12N4O2. The van der Waals surface area contributed by atoms with E-state index in [2.05, 4.69) is 5.10 Å². The van der Waals surface area contributed by atoms with Gasteiger partial charge in [-0.3, -0.25) is 10.2 Å². The summed E-state index contributed by atoms with van der Waals surface area (Å²) in [6, 6.07) is 2.76. The Morgan fingerprint density at radius 1 is 1.71 bits per heavy atom. The Bertz CT molecular complexity index is 385. The molecule has 6 heteroatoms. The van der Waals surface area contributed by atoms with Gasteiger partial charge in [-0.2, -0.15) is 5.10 Å². The Balaban J connectivity index is 2.96. The lowest BCUT2D eigenvalue weighted by Gasteiger charge is -2.04. The summed E-state index contributed by atoms with van der Waals surface area (Å²) in [5, 5.41) is 11.0. The number of amidine groups is 1. The lowest BCUT2D eigenvalue weighted by molar-refractivity contribution is 0.181. The van der Waals surface area contributed by atoms with E-state index in [9.17, 15) is 4.79 Å². The quantitative estimate of drug-likeness (QED) is 0.485. The Morgan fingerprint density at radius 2 is 2.43 bits per heavy atom. The van der Waals surface area contributed by atoms with E-state index in [1.165, 1.54) is 16.8 Å². The van der Waals surface area contributed by atoms with Crippen molar-refractivity contribution in [3.05, 3.63) is 28.2 Å². The molecule has 0 radical (unpaired) electrons. The molecule has 0 aliphatic heterocycles. The molecule has 0 aliphatic rings. The Hall–Kier alpha value is -1.69. The standard InChI is InChI=1S/C8H12N4O2/c1-14-5-4-12-7(13)3-2-6(11-12)8(9)10/h2-3H,4-5H2,1H3,(H3,9,10). The monoisotopic (exact) mass is 196 g/mol. The summed E-state index contributed by atoms with van der Waals surface area (Å²) in [5.41, 5.74) is 5.30. The van der Waals surface area contributed by atoms with Crippen molar-refractivity contribution in [2.24, 2.45) is 5.73 Å². The first kappa shape index (κ1) is 10.4. The third-order valence-electron chi connectivity index (χ3n) is 1.65. The number of aromatic nitrogens is 2. The van der Waals surface area contributed by atoms with Crippen LogP contribution in [0.15, 0.2) is 16.9 Å². The first-order valence-corrected chi connectivity index (χ1v) is 4.06. The molecule has 6 nitrogen and oxygen atoms in total. The van der Waals surface area contributed by atoms with Gasteiger partial charge in [-0.1, -0.05) is 0 Å². The van der Waals surface area contributed by atoms with Gasteiger partial charge in [-0.25, -0.2) is 4.68 Å². The lowest BCUT2D eigenvalue weighted by atomic mass is 10.4. The van der Waals surface area contributed by atoms with Gasteiger partial charge in [-0.15, -0.1) is 0 Å². The number of rotatable bonds is 4. The number of ether oxygens (including phenoxy) is 1. The molecule has 0 aromatic carbocycles. The number of nitrogens with one attached hydrogen (secondary N) is 1. The third kappa shape index (κ3) is 2.40. The number of hydrogen-bond donors (Lipinski definition) is 2. The molecule has 1 rings (SSSR count). The fraction of sp³-hybridized carbons (Fsp3) is 0.375. The summed E-state index contributed by atoms with van der Waals surface area (Å²) < 4.78 is 6.04. The summed E-state index contributed by atoms with van der Waals surface area (Å²) in [7, 11) is 1.54. The van der Waals surface area contributed by atoms with Gasteiger partial charge in [0.25, 0.3) is 5.56 Å². The zero-order valence-corrected chi connectivity index (χ0v) is 7.86. The molecule has 0 saturated carbocycles. The normalized spacial score (nSPS) is 10.1. The van der Waals surface area contributed by atoms with Crippen molar-refractivity contribution in [2.75, 3.05) is 13.7 Å². The molecule has 0 bridgehead atoms. The largest absolute Gasteiger partial charge is 0.383 e. The minimum atomic E-state index is -0.230. The molecule has 1 aromatic heterocycles. The van der Waals surface area contributed by atoms with E-state index < -0.39 is 0 Å². The van der Waals surface area contributed by atoms with Crippen LogP contribution < -0.4 is 11.3 Å². The van der Waals surface area contributed by atoms with E-state index in [1.807, 2.05) is 0 Å². The highest BCUT2D eigenvalue weighted by molar-refractivity contribution is 5.92. The van der Waals surface area contributed by atoms with E-state index in [4.69, 9.17) is 15.9 Å². The summed E-state index contributed by atoms with van der Waals surface area (Å²) in [5.74, 6) is -0.156. The second kappa shape index (κ2) is 4.52. The second-order valence-corrected chi connectivity index (χ2v) is 2.69. The maximum Gasteiger partial charge on any atom is 0.266 e. The molecule has 0 amide bonds. The smallest absolute Gasteiger partial charge is 0.266 e. The van der Waals surface area contributed by atoms with Crippen LogP contribution in [-0.2, 0) is 11.3 Å². The summed E-state index contributed by atoms with van der Waals surface area (Å²) in [6.45, 7) is 0.755. The molecule has 0 aliphatic carbocycles. The molecule has 1 heterocycles. The van der Waals surface area contributed by atoms with Crippen LogP contribution in [0.25, 0.3) is 0 Å². The van der Waals surface area contributed by atoms with Crippen LogP contribution in [0.3, 0.4) is 0 Å². The zero-order chi connectivity index (χ0) is 10.6. The van der Waals surface area contributed by atoms with Crippen LogP contribution in [0.2, 0.25) is 0 Å². The van der Waals surface area contributed by atoms with E-state index >= 15 is 0 Å². The van der Waals surface area contributed by atoms with E-state index in [0.717, 1.165) is 0 Å². The van der Waals surface area contributed by atoms with Crippen LogP contribution >= 0.6 is 0 Å². The SMILES string of the molecule is COCCn1nc(C(=N)N)ccc1=O. The molecule has 0 unspecified atom stereocenters. The van der Waals surface area contributed by atoms with Crippen molar-refractivity contribution in [3.63, 3.8) is 0 Å². The van der Waals surface area contributed by atoms with Gasteiger partial charge in [0.15, 0.2) is 0 Å². The van der Waals surface area contributed by atoms with Crippen molar-refractivity contribution >= 4 is 5.84 Å². The summed E-state index contributed by atoms with van der Waals surface area (Å²) >= 11 is 0. The van der Waals surface area contributed by atoms with Crippen molar-refractivity contribution < 1.29 is 4.74 Å². The average Bonchev–Trinajstić information content (AvgIpc) is 2.16. The molecule has 1 aromatic rings. The summed E-state index contributed by atoms with van der Waals surface area (Å²) in [4.78, 5) is 11.2. The first-order chi connectivity index (χ1) is 6.65. The number of hydrogen-bond acceptors (Lipinski definition) is 4. The minimum absolute atomic E-state index is 0.156. The molecule has 0 spiro atoms. The highest BCUT2D eigenvalue weighted by Gasteiger charge is 2.02. The third-order valence-corrected chi connectivity index (χ3v) is 1.65. The Morgan fingerprint density at radius 3 is 3.00 bits per heavy atom. The number of nitrogens with zero attached hydrogens (tertiary/aromatic N) is 2. The Labute approximate surface area is 80.8 Å². The molecule has 14 heavy (non-hydrogen) atoms. The maximum atomic E-state index is 11.2. The number of nitrogens with two attached hydrogens (primary N) is 1. The van der Waals surface area contributed by atoms with Gasteiger partial charge in [0.2, 0.25) is 0 Å². The van der Waals surface area contributed by atoms with Gasteiger partial charge in [-0.05, 0) is 6.07 Å². The zero-order valence-electron chi connectivity index (χ0n) is 7.86. The predicted octanol–water partition coefficient (Wildman–Crippen LogP) is -0.826. The van der Waals surface area contributed by atoms with Gasteiger partial charge >= 0.3 is 0 Å². The number of nitrogen functional groups attached to an aromatic ring is 1. The number of methoxy groups -OCH3 is 1. The van der Waals surface area contributed by atoms with Gasteiger partial charge in [0, 0.05) is 13.2 Å². The average molecular weight is 196 g/mol. The Kier molecular flexibility index (Phi) is 3.35. The molecule has 0 fully saturated rings. The topological polar surface area (TPSA) is 94.0 Å². The second-order valence-electron chi connectivity index (χ2n) is 2.69. The van der Waals surface area contributed by atoms with Crippen LogP contribution in [0, 0.1) is 5.41 Å². The highest BCUT2D eigenvalue weighted by atomic mass is 16.5. The minimum Gasteiger partial charge on any atom is -0.383 e. The predicted molar refractivity (Wildman–Crippen MR) is 51.4 cm³/mol. The van der Waals surface area contributed by atoms with Crippen LogP contribution in [0.5, 0.6) is 0 Å². The van der Waals surface area contributed by atoms with Crippen LogP contribution in [0.4, 0.5) is 0 Å². The molecule has 0 saturated heterocycles. The maximum absolute atomic E-state index is 11.2. The fourth-order valence-electron chi connectivity index (χ4n) is 0.931. The van der Waals surface area contributed by atoms with Crippen molar-refractivity contribution in [1.29, 1.82) is 5.41 Å². The van der Waals surface area contributed by atoms with Crippen LogP contribution in [-0.4, -0.2) is 29.3 Å². The van der Waals surface area contributed by atoms with Crippen molar-refractivity contribution in [1.82, 2.24) is 9.78 Å². The van der Waals surface area contributed by atoms with Gasteiger partial charge in [0.05, 0.1) is 13.2 Å². The highest BCUT2D eigenvalue weighted by Crippen LogP contribution is 1.88. The molecule has 76 valence electrons. The molecular weight excluding hydrogens is 184 g/mol. The van der Waals surface area contributed by atoms with Crippen LogP contribution in [0.1, 0.15) is 5.69 Å². The van der Waals surface area contributed by atoms with E-state index in [0.29, 0.717) is 18.8 Å². The fourth-order valence-corrected chi connectivity index (χ4v) is 0.931. The van der Waals surface area contributed by atoms with Gasteiger partial charge < -0.3 is 10.5 Å². The molecule has 3 N–H and O–H groups in total. The van der Waals surface area contributed by atoms with Gasteiger partial charge in [0.1, 0.15) is 11.5 Å². The van der Waals surface area contributed by atoms with E-state index in [1.54, 1.807) is 7.11 Å². The van der Waals surface area contributed by atoms with E-state index in [-0.39, 0.29) is 11.4 Å². The summed E-state index contributed by atoms with van der Waals surface area (Å²) in [6.07, 6.45) is 0. The first-order valence-electron chi connectivity index (χ1n) is 4.06. The molecule has 0 atom stereocenters. The lowest BCUT2D eigenvalue weighted by Crippen LogP contribution is -2.27.